The summed E-state index contributed by atoms with van der Waals surface area (Å²) < 4.78 is 27.1. The molecule has 1 rings (SSSR count). The standard InChI is InChI=1S/C14H21NO2/c1-3-14(2,11-15)9-13(16)17-10-12-7-5-4-6-8-12/h4-8H,3,9-11,15H2,1-2H3/i1D3. The third-order valence-corrected chi connectivity index (χ3v) is 2.73. The Balaban J connectivity index is 2.51. The van der Waals surface area contributed by atoms with Crippen LogP contribution in [-0.2, 0) is 16.1 Å². The second kappa shape index (κ2) is 6.40. The molecule has 0 aliphatic heterocycles. The number of nitrogens with two attached hydrogens (primary N) is 1. The molecule has 1 aromatic rings. The van der Waals surface area contributed by atoms with E-state index in [2.05, 4.69) is 0 Å². The summed E-state index contributed by atoms with van der Waals surface area (Å²) in [6.45, 7) is -0.0864. The smallest absolute Gasteiger partial charge is 0.306 e. The monoisotopic (exact) mass is 238 g/mol. The number of hydrogen-bond donors (Lipinski definition) is 1. The highest BCUT2D eigenvalue weighted by Crippen LogP contribution is 2.24. The number of rotatable bonds is 6. The van der Waals surface area contributed by atoms with Crippen LogP contribution >= 0.6 is 0 Å². The zero-order valence-corrected chi connectivity index (χ0v) is 10.1. The third-order valence-electron chi connectivity index (χ3n) is 2.73. The molecule has 0 saturated carbocycles. The van der Waals surface area contributed by atoms with Crippen molar-refractivity contribution in [2.24, 2.45) is 11.1 Å². The summed E-state index contributed by atoms with van der Waals surface area (Å²) in [5.41, 5.74) is 5.74. The van der Waals surface area contributed by atoms with Gasteiger partial charge in [0.1, 0.15) is 6.61 Å². The Morgan fingerprint density at radius 2 is 2.18 bits per heavy atom. The minimum absolute atomic E-state index is 0.00865. The van der Waals surface area contributed by atoms with Gasteiger partial charge in [0, 0.05) is 4.11 Å². The molecular formula is C14H21NO2. The van der Waals surface area contributed by atoms with Gasteiger partial charge in [-0.15, -0.1) is 0 Å². The molecule has 0 saturated heterocycles. The lowest BCUT2D eigenvalue weighted by molar-refractivity contribution is -0.147. The van der Waals surface area contributed by atoms with Crippen LogP contribution in [0.3, 0.4) is 0 Å². The average molecular weight is 238 g/mol. The first-order valence-corrected chi connectivity index (χ1v) is 5.64. The van der Waals surface area contributed by atoms with Crippen molar-refractivity contribution in [3.8, 4) is 0 Å². The normalized spacial score (nSPS) is 17.4. The lowest BCUT2D eigenvalue weighted by Crippen LogP contribution is -2.29. The van der Waals surface area contributed by atoms with Gasteiger partial charge < -0.3 is 10.5 Å². The van der Waals surface area contributed by atoms with Crippen molar-refractivity contribution in [1.29, 1.82) is 0 Å². The summed E-state index contributed by atoms with van der Waals surface area (Å²) in [6, 6.07) is 9.33. The quantitative estimate of drug-likeness (QED) is 0.775. The minimum atomic E-state index is -2.10. The highest BCUT2D eigenvalue weighted by molar-refractivity contribution is 5.70. The summed E-state index contributed by atoms with van der Waals surface area (Å²) >= 11 is 0. The Labute approximate surface area is 107 Å². The summed E-state index contributed by atoms with van der Waals surface area (Å²) in [5.74, 6) is -0.425. The van der Waals surface area contributed by atoms with Crippen molar-refractivity contribution in [3.05, 3.63) is 35.9 Å². The number of carbonyl (C=O) groups is 1. The SMILES string of the molecule is [2H]C([2H])([2H])CC(C)(CN)CC(=O)OCc1ccccc1. The summed E-state index contributed by atoms with van der Waals surface area (Å²) in [7, 11) is 0. The molecule has 94 valence electrons. The second-order valence-corrected chi connectivity index (χ2v) is 4.51. The van der Waals surface area contributed by atoms with Crippen molar-refractivity contribution < 1.29 is 13.6 Å². The van der Waals surface area contributed by atoms with E-state index in [0.29, 0.717) is 0 Å². The topological polar surface area (TPSA) is 52.3 Å². The fourth-order valence-corrected chi connectivity index (χ4v) is 1.34. The first-order valence-electron chi connectivity index (χ1n) is 7.14. The van der Waals surface area contributed by atoms with Crippen molar-refractivity contribution >= 4 is 5.97 Å². The van der Waals surface area contributed by atoms with E-state index in [1.807, 2.05) is 30.3 Å². The number of hydrogen-bond acceptors (Lipinski definition) is 3. The van der Waals surface area contributed by atoms with Crippen LogP contribution in [0.15, 0.2) is 30.3 Å². The molecule has 17 heavy (non-hydrogen) atoms. The van der Waals surface area contributed by atoms with Crippen LogP contribution < -0.4 is 5.73 Å². The summed E-state index contributed by atoms with van der Waals surface area (Å²) in [6.07, 6.45) is -0.0916. The van der Waals surface area contributed by atoms with Gasteiger partial charge in [-0.05, 0) is 23.9 Å². The summed E-state index contributed by atoms with van der Waals surface area (Å²) in [4.78, 5) is 11.8. The Bertz CT molecular complexity index is 434. The second-order valence-electron chi connectivity index (χ2n) is 4.51. The van der Waals surface area contributed by atoms with Crippen LogP contribution in [0.1, 0.15) is 36.3 Å². The van der Waals surface area contributed by atoms with E-state index >= 15 is 0 Å². The van der Waals surface area contributed by atoms with Gasteiger partial charge in [0.2, 0.25) is 0 Å². The lowest BCUT2D eigenvalue weighted by Gasteiger charge is -2.24. The molecule has 0 amide bonds. The molecule has 0 fully saturated rings. The molecule has 1 unspecified atom stereocenters. The third kappa shape index (κ3) is 4.57. The molecule has 3 heteroatoms. The highest BCUT2D eigenvalue weighted by Gasteiger charge is 2.24. The number of benzene rings is 1. The fourth-order valence-electron chi connectivity index (χ4n) is 1.34. The van der Waals surface area contributed by atoms with E-state index < -0.39 is 18.2 Å². The zero-order valence-electron chi connectivity index (χ0n) is 13.1. The van der Waals surface area contributed by atoms with E-state index in [1.165, 1.54) is 0 Å². The Morgan fingerprint density at radius 1 is 1.47 bits per heavy atom. The predicted octanol–water partition coefficient (Wildman–Crippen LogP) is 2.49. The van der Waals surface area contributed by atoms with Crippen molar-refractivity contribution in [3.63, 3.8) is 0 Å². The zero-order chi connectivity index (χ0) is 15.2. The maximum atomic E-state index is 11.8. The molecule has 0 aliphatic carbocycles. The maximum Gasteiger partial charge on any atom is 0.306 e. The number of carbonyl (C=O) groups excluding carboxylic acids is 1. The molecule has 0 bridgehead atoms. The average Bonchev–Trinajstić information content (AvgIpc) is 2.35. The molecule has 0 heterocycles. The molecule has 1 atom stereocenters. The van der Waals surface area contributed by atoms with Crippen molar-refractivity contribution in [2.45, 2.75) is 33.2 Å². The Kier molecular flexibility index (Phi) is 3.64. The van der Waals surface area contributed by atoms with Gasteiger partial charge in [-0.2, -0.15) is 0 Å². The van der Waals surface area contributed by atoms with Crippen LogP contribution in [0.4, 0.5) is 0 Å². The Morgan fingerprint density at radius 3 is 2.76 bits per heavy atom. The van der Waals surface area contributed by atoms with E-state index in [0.717, 1.165) is 5.56 Å². The minimum Gasteiger partial charge on any atom is -0.461 e. The molecule has 2 N–H and O–H groups in total. The highest BCUT2D eigenvalue weighted by atomic mass is 16.5. The van der Waals surface area contributed by atoms with E-state index in [1.54, 1.807) is 6.92 Å². The van der Waals surface area contributed by atoms with Crippen LogP contribution in [0.2, 0.25) is 0 Å². The van der Waals surface area contributed by atoms with Gasteiger partial charge in [-0.1, -0.05) is 44.1 Å². The fraction of sp³-hybridized carbons (Fsp3) is 0.500. The predicted molar refractivity (Wildman–Crippen MR) is 68.3 cm³/mol. The molecule has 0 spiro atoms. The summed E-state index contributed by atoms with van der Waals surface area (Å²) in [5, 5.41) is 0. The maximum absolute atomic E-state index is 11.8. The first kappa shape index (κ1) is 9.66. The molecule has 1 aromatic carbocycles. The van der Waals surface area contributed by atoms with E-state index in [9.17, 15) is 4.79 Å². The molecule has 0 aromatic heterocycles. The van der Waals surface area contributed by atoms with Gasteiger partial charge in [-0.3, -0.25) is 4.79 Å². The largest absolute Gasteiger partial charge is 0.461 e. The number of ether oxygens (including phenoxy) is 1. The molecule has 3 nitrogen and oxygen atoms in total. The van der Waals surface area contributed by atoms with Crippen LogP contribution in [0, 0.1) is 5.41 Å². The molecule has 0 radical (unpaired) electrons. The van der Waals surface area contributed by atoms with Gasteiger partial charge in [-0.25, -0.2) is 0 Å². The van der Waals surface area contributed by atoms with Crippen LogP contribution in [0.25, 0.3) is 0 Å². The lowest BCUT2D eigenvalue weighted by atomic mass is 9.84. The molecule has 0 aliphatic rings. The van der Waals surface area contributed by atoms with Gasteiger partial charge >= 0.3 is 5.97 Å². The van der Waals surface area contributed by atoms with Crippen LogP contribution in [-0.4, -0.2) is 12.5 Å². The first-order chi connectivity index (χ1) is 9.24. The van der Waals surface area contributed by atoms with Crippen molar-refractivity contribution in [1.82, 2.24) is 0 Å². The van der Waals surface area contributed by atoms with E-state index in [4.69, 9.17) is 14.6 Å². The van der Waals surface area contributed by atoms with E-state index in [-0.39, 0.29) is 26.0 Å². The van der Waals surface area contributed by atoms with Crippen LogP contribution in [0.5, 0.6) is 0 Å². The van der Waals surface area contributed by atoms with Crippen molar-refractivity contribution in [2.75, 3.05) is 6.54 Å². The molecular weight excluding hydrogens is 214 g/mol. The van der Waals surface area contributed by atoms with Gasteiger partial charge in [0.25, 0.3) is 0 Å². The van der Waals surface area contributed by atoms with Gasteiger partial charge in [0.15, 0.2) is 0 Å². The number of esters is 1. The van der Waals surface area contributed by atoms with Gasteiger partial charge in [0.05, 0.1) is 6.42 Å². The Hall–Kier alpha value is -1.35.